The van der Waals surface area contributed by atoms with E-state index in [1.165, 1.54) is 6.07 Å². The summed E-state index contributed by atoms with van der Waals surface area (Å²) in [6, 6.07) is 8.76. The fourth-order valence-corrected chi connectivity index (χ4v) is 2.83. The zero-order chi connectivity index (χ0) is 15.2. The fourth-order valence-electron chi connectivity index (χ4n) is 2.24. The average Bonchev–Trinajstić information content (AvgIpc) is 2.47. The van der Waals surface area contributed by atoms with Crippen LogP contribution in [0.15, 0.2) is 41.0 Å². The highest BCUT2D eigenvalue weighted by atomic mass is 79.9. The first kappa shape index (κ1) is 15.9. The van der Waals surface area contributed by atoms with E-state index in [-0.39, 0.29) is 11.9 Å². The Morgan fingerprint density at radius 3 is 2.81 bits per heavy atom. The first-order valence-corrected chi connectivity index (χ1v) is 7.61. The third-order valence-corrected chi connectivity index (χ3v) is 3.84. The molecule has 5 heteroatoms. The molecule has 0 fully saturated rings. The number of halogens is 2. The molecule has 1 atom stereocenters. The van der Waals surface area contributed by atoms with Crippen LogP contribution in [0.1, 0.15) is 24.2 Å². The molecule has 21 heavy (non-hydrogen) atoms. The molecule has 1 aromatic carbocycles. The smallest absolute Gasteiger partial charge is 0.146 e. The highest BCUT2D eigenvalue weighted by molar-refractivity contribution is 9.10. The number of nitrogens with zero attached hydrogens (tertiary/aromatic N) is 1. The lowest BCUT2D eigenvalue weighted by atomic mass is 10.0. The molecule has 0 amide bonds. The second-order valence-corrected chi connectivity index (χ2v) is 5.51. The summed E-state index contributed by atoms with van der Waals surface area (Å²) in [5.41, 5.74) is 1.53. The number of benzene rings is 1. The van der Waals surface area contributed by atoms with Crippen molar-refractivity contribution in [2.45, 2.75) is 19.4 Å². The van der Waals surface area contributed by atoms with Crippen LogP contribution in [0.2, 0.25) is 0 Å². The Labute approximate surface area is 132 Å². The van der Waals surface area contributed by atoms with E-state index >= 15 is 0 Å². The molecule has 1 aromatic heterocycles. The van der Waals surface area contributed by atoms with Crippen molar-refractivity contribution < 1.29 is 9.13 Å². The summed E-state index contributed by atoms with van der Waals surface area (Å²) in [4.78, 5) is 4.18. The maximum atomic E-state index is 13.9. The number of rotatable bonds is 6. The second-order valence-electron chi connectivity index (χ2n) is 4.65. The van der Waals surface area contributed by atoms with Gasteiger partial charge in [0.05, 0.1) is 23.3 Å². The van der Waals surface area contributed by atoms with Crippen LogP contribution >= 0.6 is 15.9 Å². The Hall–Kier alpha value is -1.46. The minimum absolute atomic E-state index is 0.156. The van der Waals surface area contributed by atoms with Crippen molar-refractivity contribution >= 4 is 15.9 Å². The number of nitrogens with one attached hydrogen (secondary N) is 1. The Kier molecular flexibility index (Phi) is 5.70. The van der Waals surface area contributed by atoms with Crippen LogP contribution in [0.4, 0.5) is 4.39 Å². The van der Waals surface area contributed by atoms with E-state index in [9.17, 15) is 4.39 Å². The van der Waals surface area contributed by atoms with Gasteiger partial charge in [0, 0.05) is 6.20 Å². The van der Waals surface area contributed by atoms with Crippen LogP contribution in [0.5, 0.6) is 5.75 Å². The summed E-state index contributed by atoms with van der Waals surface area (Å²) in [5, 5.41) is 3.29. The van der Waals surface area contributed by atoms with Gasteiger partial charge in [-0.3, -0.25) is 4.98 Å². The normalized spacial score (nSPS) is 12.2. The number of likely N-dealkylation sites (N-methyl/N-ethyl adjacent to an activating group) is 1. The van der Waals surface area contributed by atoms with Gasteiger partial charge < -0.3 is 10.1 Å². The highest BCUT2D eigenvalue weighted by Crippen LogP contribution is 2.28. The van der Waals surface area contributed by atoms with Crippen LogP contribution in [0.25, 0.3) is 0 Å². The van der Waals surface area contributed by atoms with Gasteiger partial charge in [0.2, 0.25) is 0 Å². The standard InChI is InChI=1S/C16H18BrFN2O/c1-3-19-14(16-13(18)5-4-8-20-16)10-11-6-7-15(21-2)12(17)9-11/h4-9,14,19H,3,10H2,1-2H3. The monoisotopic (exact) mass is 352 g/mol. The molecule has 1 heterocycles. The molecule has 112 valence electrons. The van der Waals surface area contributed by atoms with Crippen molar-refractivity contribution in [2.24, 2.45) is 0 Å². The average molecular weight is 353 g/mol. The maximum Gasteiger partial charge on any atom is 0.146 e. The number of ether oxygens (including phenoxy) is 1. The van der Waals surface area contributed by atoms with Gasteiger partial charge in [0.1, 0.15) is 11.6 Å². The van der Waals surface area contributed by atoms with Crippen LogP contribution in [0.3, 0.4) is 0 Å². The van der Waals surface area contributed by atoms with Crippen molar-refractivity contribution in [1.29, 1.82) is 0 Å². The summed E-state index contributed by atoms with van der Waals surface area (Å²) in [6.45, 7) is 2.75. The Balaban J connectivity index is 2.24. The number of methoxy groups -OCH3 is 1. The molecule has 0 aliphatic rings. The zero-order valence-corrected chi connectivity index (χ0v) is 13.7. The number of hydrogen-bond acceptors (Lipinski definition) is 3. The van der Waals surface area contributed by atoms with Crippen LogP contribution in [-0.2, 0) is 6.42 Å². The summed E-state index contributed by atoms with van der Waals surface area (Å²) in [7, 11) is 1.63. The Morgan fingerprint density at radius 2 is 2.19 bits per heavy atom. The lowest BCUT2D eigenvalue weighted by Gasteiger charge is -2.18. The van der Waals surface area contributed by atoms with Crippen molar-refractivity contribution in [3.8, 4) is 5.75 Å². The molecule has 0 saturated carbocycles. The zero-order valence-electron chi connectivity index (χ0n) is 12.1. The predicted molar refractivity (Wildman–Crippen MR) is 85.0 cm³/mol. The molecular formula is C16H18BrFN2O. The third kappa shape index (κ3) is 4.02. The SMILES string of the molecule is CCNC(Cc1ccc(OC)c(Br)c1)c1ncccc1F. The van der Waals surface area contributed by atoms with E-state index in [4.69, 9.17) is 4.74 Å². The molecule has 0 aliphatic heterocycles. The second kappa shape index (κ2) is 7.52. The molecule has 0 radical (unpaired) electrons. The first-order valence-electron chi connectivity index (χ1n) is 6.82. The maximum absolute atomic E-state index is 13.9. The molecule has 2 aromatic rings. The van der Waals surface area contributed by atoms with Crippen LogP contribution < -0.4 is 10.1 Å². The molecule has 0 bridgehead atoms. The molecule has 0 spiro atoms. The number of pyridine rings is 1. The van der Waals surface area contributed by atoms with Crippen molar-refractivity contribution in [3.05, 3.63) is 58.1 Å². The van der Waals surface area contributed by atoms with Crippen LogP contribution in [0, 0.1) is 5.82 Å². The molecule has 1 N–H and O–H groups in total. The van der Waals surface area contributed by atoms with Crippen molar-refractivity contribution in [1.82, 2.24) is 10.3 Å². The molecule has 3 nitrogen and oxygen atoms in total. The van der Waals surface area contributed by atoms with Gasteiger partial charge in [-0.25, -0.2) is 4.39 Å². The van der Waals surface area contributed by atoms with Gasteiger partial charge in [-0.05, 0) is 58.7 Å². The quantitative estimate of drug-likeness (QED) is 0.856. The summed E-state index contributed by atoms with van der Waals surface area (Å²) in [6.07, 6.45) is 2.27. The molecule has 0 saturated heterocycles. The first-order chi connectivity index (χ1) is 10.2. The van der Waals surface area contributed by atoms with E-state index < -0.39 is 0 Å². The minimum Gasteiger partial charge on any atom is -0.496 e. The highest BCUT2D eigenvalue weighted by Gasteiger charge is 2.17. The Morgan fingerprint density at radius 1 is 1.38 bits per heavy atom. The van der Waals surface area contributed by atoms with Gasteiger partial charge in [0.15, 0.2) is 0 Å². The predicted octanol–water partition coefficient (Wildman–Crippen LogP) is 3.89. The van der Waals surface area contributed by atoms with Crippen molar-refractivity contribution in [3.63, 3.8) is 0 Å². The summed E-state index contributed by atoms with van der Waals surface area (Å²) in [5.74, 6) is 0.499. The van der Waals surface area contributed by atoms with E-state index in [2.05, 4.69) is 26.2 Å². The topological polar surface area (TPSA) is 34.1 Å². The van der Waals surface area contributed by atoms with Gasteiger partial charge in [-0.15, -0.1) is 0 Å². The lowest BCUT2D eigenvalue weighted by molar-refractivity contribution is 0.411. The molecule has 0 aliphatic carbocycles. The largest absolute Gasteiger partial charge is 0.496 e. The minimum atomic E-state index is -0.281. The Bertz CT molecular complexity index is 607. The van der Waals surface area contributed by atoms with E-state index in [0.29, 0.717) is 12.1 Å². The van der Waals surface area contributed by atoms with Gasteiger partial charge in [0.25, 0.3) is 0 Å². The molecule has 2 rings (SSSR count). The number of aromatic nitrogens is 1. The van der Waals surface area contributed by atoms with E-state index in [0.717, 1.165) is 22.3 Å². The van der Waals surface area contributed by atoms with Gasteiger partial charge in [-0.2, -0.15) is 0 Å². The third-order valence-electron chi connectivity index (χ3n) is 3.22. The van der Waals surface area contributed by atoms with Gasteiger partial charge in [-0.1, -0.05) is 13.0 Å². The van der Waals surface area contributed by atoms with E-state index in [1.54, 1.807) is 19.4 Å². The number of hydrogen-bond donors (Lipinski definition) is 1. The molecular weight excluding hydrogens is 335 g/mol. The summed E-state index contributed by atoms with van der Waals surface area (Å²) < 4.78 is 20.0. The lowest BCUT2D eigenvalue weighted by Crippen LogP contribution is -2.25. The molecule has 1 unspecified atom stereocenters. The van der Waals surface area contributed by atoms with Crippen molar-refractivity contribution in [2.75, 3.05) is 13.7 Å². The summed E-state index contributed by atoms with van der Waals surface area (Å²) >= 11 is 3.47. The fraction of sp³-hybridized carbons (Fsp3) is 0.312. The van der Waals surface area contributed by atoms with Gasteiger partial charge >= 0.3 is 0 Å². The van der Waals surface area contributed by atoms with Crippen LogP contribution in [-0.4, -0.2) is 18.6 Å². The van der Waals surface area contributed by atoms with E-state index in [1.807, 2.05) is 25.1 Å².